The second-order valence-corrected chi connectivity index (χ2v) is 4.39. The van der Waals surface area contributed by atoms with Gasteiger partial charge in [-0.2, -0.15) is 0 Å². The van der Waals surface area contributed by atoms with Gasteiger partial charge in [-0.25, -0.2) is 4.79 Å². The van der Waals surface area contributed by atoms with E-state index in [1.165, 1.54) is 7.11 Å². The zero-order valence-electron chi connectivity index (χ0n) is 12.0. The monoisotopic (exact) mass is 267 g/mol. The Kier molecular flexibility index (Phi) is 5.63. The maximum atomic E-state index is 11.9. The molecule has 1 rings (SSSR count). The lowest BCUT2D eigenvalue weighted by Crippen LogP contribution is -2.34. The first kappa shape index (κ1) is 15.3. The van der Waals surface area contributed by atoms with Gasteiger partial charge in [-0.3, -0.25) is 5.32 Å². The molecule has 1 aromatic carbocycles. The lowest BCUT2D eigenvalue weighted by molar-refractivity contribution is -0.143. The number of esters is 1. The molecule has 19 heavy (non-hydrogen) atoms. The molecule has 0 aliphatic heterocycles. The quantitative estimate of drug-likeness (QED) is 0.798. The molecule has 0 saturated carbocycles. The second-order valence-electron chi connectivity index (χ2n) is 4.39. The molecular weight excluding hydrogens is 246 g/mol. The molecule has 0 spiro atoms. The largest absolute Gasteiger partial charge is 0.497 e. The summed E-state index contributed by atoms with van der Waals surface area (Å²) < 4.78 is 15.3. The fraction of sp³-hybridized carbons (Fsp3) is 0.500. The topological polar surface area (TPSA) is 56.8 Å². The highest BCUT2D eigenvalue weighted by molar-refractivity contribution is 5.79. The van der Waals surface area contributed by atoms with Gasteiger partial charge in [0.1, 0.15) is 17.5 Å². The number of hydrogen-bond acceptors (Lipinski definition) is 5. The average molecular weight is 267 g/mol. The highest BCUT2D eigenvalue weighted by atomic mass is 16.5. The Bertz CT molecular complexity index is 431. The van der Waals surface area contributed by atoms with Gasteiger partial charge < -0.3 is 14.2 Å². The Morgan fingerprint density at radius 3 is 2.32 bits per heavy atom. The zero-order valence-corrected chi connectivity index (χ0v) is 12.0. The van der Waals surface area contributed by atoms with E-state index in [-0.39, 0.29) is 12.0 Å². The molecule has 5 heteroatoms. The van der Waals surface area contributed by atoms with Gasteiger partial charge in [-0.1, -0.05) is 0 Å². The minimum atomic E-state index is -0.588. The minimum absolute atomic E-state index is 0.125. The van der Waals surface area contributed by atoms with Crippen molar-refractivity contribution >= 4 is 5.97 Å². The maximum Gasteiger partial charge on any atom is 0.327 e. The molecule has 5 nitrogen and oxygen atoms in total. The Hall–Kier alpha value is -1.75. The fourth-order valence-corrected chi connectivity index (χ4v) is 1.80. The fourth-order valence-electron chi connectivity index (χ4n) is 1.80. The van der Waals surface area contributed by atoms with Crippen molar-refractivity contribution in [1.82, 2.24) is 5.32 Å². The van der Waals surface area contributed by atoms with Crippen LogP contribution in [0.1, 0.15) is 25.5 Å². The number of benzene rings is 1. The minimum Gasteiger partial charge on any atom is -0.497 e. The van der Waals surface area contributed by atoms with Crippen molar-refractivity contribution in [3.8, 4) is 11.5 Å². The molecule has 0 saturated heterocycles. The van der Waals surface area contributed by atoms with E-state index in [0.717, 1.165) is 0 Å². The molecule has 1 unspecified atom stereocenters. The third-order valence-electron chi connectivity index (χ3n) is 2.68. The smallest absolute Gasteiger partial charge is 0.327 e. The molecule has 0 amide bonds. The number of methoxy groups -OCH3 is 3. The van der Waals surface area contributed by atoms with Crippen LogP contribution < -0.4 is 14.8 Å². The number of carbonyl (C=O) groups excluding carboxylic acids is 1. The van der Waals surface area contributed by atoms with Crippen LogP contribution in [0.15, 0.2) is 18.2 Å². The summed E-state index contributed by atoms with van der Waals surface area (Å²) in [7, 11) is 4.51. The molecule has 0 bridgehead atoms. The van der Waals surface area contributed by atoms with Crippen molar-refractivity contribution in [1.29, 1.82) is 0 Å². The molecule has 0 aliphatic rings. The molecule has 1 atom stereocenters. The van der Waals surface area contributed by atoms with E-state index in [1.54, 1.807) is 32.4 Å². The van der Waals surface area contributed by atoms with Gasteiger partial charge in [-0.05, 0) is 32.0 Å². The summed E-state index contributed by atoms with van der Waals surface area (Å²) in [4.78, 5) is 11.9. The van der Waals surface area contributed by atoms with E-state index in [9.17, 15) is 4.79 Å². The van der Waals surface area contributed by atoms with Crippen LogP contribution in [0.2, 0.25) is 0 Å². The normalized spacial score (nSPS) is 12.1. The van der Waals surface area contributed by atoms with Crippen LogP contribution in [0.3, 0.4) is 0 Å². The van der Waals surface area contributed by atoms with Gasteiger partial charge in [-0.15, -0.1) is 0 Å². The van der Waals surface area contributed by atoms with Crippen LogP contribution in [0.25, 0.3) is 0 Å². The van der Waals surface area contributed by atoms with Crippen LogP contribution in [0.4, 0.5) is 0 Å². The van der Waals surface area contributed by atoms with Gasteiger partial charge in [0.15, 0.2) is 0 Å². The molecule has 0 fully saturated rings. The van der Waals surface area contributed by atoms with Crippen LogP contribution in [-0.2, 0) is 9.53 Å². The van der Waals surface area contributed by atoms with Crippen molar-refractivity contribution in [3.05, 3.63) is 23.8 Å². The third-order valence-corrected chi connectivity index (χ3v) is 2.68. The zero-order chi connectivity index (χ0) is 14.4. The summed E-state index contributed by atoms with van der Waals surface area (Å²) in [6.07, 6.45) is 0. The predicted octanol–water partition coefficient (Wildman–Crippen LogP) is 1.92. The number of hydrogen-bond donors (Lipinski definition) is 1. The van der Waals surface area contributed by atoms with Gasteiger partial charge in [0.05, 0.1) is 21.3 Å². The van der Waals surface area contributed by atoms with Crippen LogP contribution in [-0.4, -0.2) is 33.3 Å². The molecule has 1 aromatic rings. The highest BCUT2D eigenvalue weighted by Crippen LogP contribution is 2.30. The Morgan fingerprint density at radius 1 is 1.16 bits per heavy atom. The van der Waals surface area contributed by atoms with E-state index < -0.39 is 6.04 Å². The van der Waals surface area contributed by atoms with Crippen molar-refractivity contribution in [2.45, 2.75) is 25.9 Å². The highest BCUT2D eigenvalue weighted by Gasteiger charge is 2.25. The summed E-state index contributed by atoms with van der Waals surface area (Å²) in [5.41, 5.74) is 0.697. The number of carbonyl (C=O) groups is 1. The van der Waals surface area contributed by atoms with E-state index in [2.05, 4.69) is 5.32 Å². The van der Waals surface area contributed by atoms with E-state index >= 15 is 0 Å². The molecule has 1 N–H and O–H groups in total. The first-order valence-electron chi connectivity index (χ1n) is 6.09. The summed E-state index contributed by atoms with van der Waals surface area (Å²) in [6, 6.07) is 4.86. The van der Waals surface area contributed by atoms with E-state index in [1.807, 2.05) is 13.8 Å². The third kappa shape index (κ3) is 3.86. The molecule has 0 aromatic heterocycles. The van der Waals surface area contributed by atoms with Crippen molar-refractivity contribution in [3.63, 3.8) is 0 Å². The lowest BCUT2D eigenvalue weighted by atomic mass is 10.0. The Labute approximate surface area is 113 Å². The number of nitrogens with one attached hydrogen (secondary N) is 1. The van der Waals surface area contributed by atoms with Crippen LogP contribution in [0.5, 0.6) is 11.5 Å². The second kappa shape index (κ2) is 6.99. The van der Waals surface area contributed by atoms with E-state index in [4.69, 9.17) is 14.2 Å². The first-order valence-corrected chi connectivity index (χ1v) is 6.09. The molecule has 0 heterocycles. The van der Waals surface area contributed by atoms with Gasteiger partial charge in [0.2, 0.25) is 0 Å². The summed E-state index contributed by atoms with van der Waals surface area (Å²) in [5.74, 6) is 0.917. The summed E-state index contributed by atoms with van der Waals surface area (Å²) in [5, 5.41) is 3.16. The molecule has 106 valence electrons. The molecular formula is C14H21NO4. The first-order chi connectivity index (χ1) is 9.03. The van der Waals surface area contributed by atoms with Gasteiger partial charge >= 0.3 is 5.97 Å². The van der Waals surface area contributed by atoms with Crippen molar-refractivity contribution < 1.29 is 19.0 Å². The van der Waals surface area contributed by atoms with Crippen LogP contribution in [0, 0.1) is 0 Å². The van der Waals surface area contributed by atoms with E-state index in [0.29, 0.717) is 17.1 Å². The van der Waals surface area contributed by atoms with Gasteiger partial charge in [0, 0.05) is 11.6 Å². The Balaban J connectivity index is 3.22. The Morgan fingerprint density at radius 2 is 1.84 bits per heavy atom. The standard InChI is InChI=1S/C14H21NO4/c1-9(2)15-13(14(16)19-5)11-8-10(17-3)6-7-12(11)18-4/h6-9,13,15H,1-5H3. The van der Waals surface area contributed by atoms with Crippen LogP contribution >= 0.6 is 0 Å². The molecule has 0 aliphatic carbocycles. The average Bonchev–Trinajstić information content (AvgIpc) is 2.43. The summed E-state index contributed by atoms with van der Waals surface area (Å²) in [6.45, 7) is 3.92. The van der Waals surface area contributed by atoms with Crippen molar-refractivity contribution in [2.75, 3.05) is 21.3 Å². The number of rotatable bonds is 6. The summed E-state index contributed by atoms with van der Waals surface area (Å²) >= 11 is 0. The maximum absolute atomic E-state index is 11.9. The molecule has 0 radical (unpaired) electrons. The SMILES string of the molecule is COC(=O)C(NC(C)C)c1cc(OC)ccc1OC. The predicted molar refractivity (Wildman–Crippen MR) is 72.6 cm³/mol. The number of ether oxygens (including phenoxy) is 3. The van der Waals surface area contributed by atoms with Gasteiger partial charge in [0.25, 0.3) is 0 Å². The lowest BCUT2D eigenvalue weighted by Gasteiger charge is -2.21. The van der Waals surface area contributed by atoms with Crippen molar-refractivity contribution in [2.24, 2.45) is 0 Å².